The monoisotopic (exact) mass is 364 g/mol. The van der Waals surface area contributed by atoms with Crippen molar-refractivity contribution in [3.05, 3.63) is 65.7 Å². The van der Waals surface area contributed by atoms with Gasteiger partial charge in [0.05, 0.1) is 10.6 Å². The highest BCUT2D eigenvalue weighted by atomic mass is 32.2. The number of carbonyl (C=O) groups excluding carboxylic acids is 1. The van der Waals surface area contributed by atoms with Crippen LogP contribution in [0.3, 0.4) is 0 Å². The third-order valence-electron chi connectivity index (χ3n) is 5.18. The zero-order valence-corrected chi connectivity index (χ0v) is 14.9. The lowest BCUT2D eigenvalue weighted by Crippen LogP contribution is -2.35. The topological polar surface area (TPSA) is 66.5 Å². The Morgan fingerprint density at radius 3 is 2.69 bits per heavy atom. The molecule has 0 fully saturated rings. The lowest BCUT2D eigenvalue weighted by molar-refractivity contribution is 0.103. The number of hydrogen-bond donors (Lipinski definition) is 1. The Balaban J connectivity index is 1.77. The van der Waals surface area contributed by atoms with Gasteiger partial charge in [0.1, 0.15) is 0 Å². The van der Waals surface area contributed by atoms with Gasteiger partial charge in [-0.15, -0.1) is 0 Å². The second-order valence-electron chi connectivity index (χ2n) is 6.78. The van der Waals surface area contributed by atoms with Gasteiger partial charge in [-0.05, 0) is 43.2 Å². The van der Waals surface area contributed by atoms with Crippen molar-refractivity contribution in [1.29, 1.82) is 0 Å². The van der Waals surface area contributed by atoms with Crippen LogP contribution in [-0.2, 0) is 16.4 Å². The fraction of sp³-hybridized carbons (Fsp3) is 0.150. The molecule has 0 radical (unpaired) electrons. The number of para-hydroxylation sites is 1. The summed E-state index contributed by atoms with van der Waals surface area (Å²) in [6, 6.07) is 15.9. The van der Waals surface area contributed by atoms with Crippen molar-refractivity contribution in [3.8, 4) is 0 Å². The van der Waals surface area contributed by atoms with E-state index in [1.165, 1.54) is 4.31 Å². The van der Waals surface area contributed by atoms with Gasteiger partial charge in [0.2, 0.25) is 0 Å². The number of benzene rings is 3. The van der Waals surface area contributed by atoms with Crippen molar-refractivity contribution in [1.82, 2.24) is 0 Å². The predicted molar refractivity (Wildman–Crippen MR) is 101 cm³/mol. The molecule has 0 saturated carbocycles. The Morgan fingerprint density at radius 2 is 1.85 bits per heavy atom. The SMILES string of the molecule is CC1Cc2ccccc2N1S(=O)(=O)c1ccc2c3c(cccc13)C(=O)N2. The molecule has 0 aromatic heterocycles. The van der Waals surface area contributed by atoms with Crippen LogP contribution in [0.15, 0.2) is 59.5 Å². The maximum absolute atomic E-state index is 13.6. The maximum Gasteiger partial charge on any atom is 0.265 e. The van der Waals surface area contributed by atoms with Crippen molar-refractivity contribution in [2.24, 2.45) is 0 Å². The third kappa shape index (κ3) is 1.90. The molecule has 1 N–H and O–H groups in total. The summed E-state index contributed by atoms with van der Waals surface area (Å²) in [5, 5.41) is 4.05. The van der Waals surface area contributed by atoms with E-state index in [2.05, 4.69) is 5.32 Å². The number of amides is 1. The van der Waals surface area contributed by atoms with Crippen LogP contribution >= 0.6 is 0 Å². The number of hydrogen-bond acceptors (Lipinski definition) is 3. The second-order valence-corrected chi connectivity index (χ2v) is 8.56. The van der Waals surface area contributed by atoms with Gasteiger partial charge in [-0.25, -0.2) is 8.42 Å². The molecule has 2 aliphatic heterocycles. The van der Waals surface area contributed by atoms with E-state index >= 15 is 0 Å². The average Bonchev–Trinajstić information content (AvgIpc) is 3.13. The number of sulfonamides is 1. The number of nitrogens with zero attached hydrogens (tertiary/aromatic N) is 1. The first kappa shape index (κ1) is 15.4. The van der Waals surface area contributed by atoms with Crippen LogP contribution in [0.4, 0.5) is 11.4 Å². The van der Waals surface area contributed by atoms with Crippen LogP contribution in [0.2, 0.25) is 0 Å². The van der Waals surface area contributed by atoms with Crippen molar-refractivity contribution >= 4 is 38.1 Å². The van der Waals surface area contributed by atoms with Crippen molar-refractivity contribution in [3.63, 3.8) is 0 Å². The van der Waals surface area contributed by atoms with Gasteiger partial charge in [-0.2, -0.15) is 0 Å². The summed E-state index contributed by atoms with van der Waals surface area (Å²) in [5.74, 6) is -0.194. The molecule has 1 amide bonds. The average molecular weight is 364 g/mol. The van der Waals surface area contributed by atoms with E-state index in [-0.39, 0.29) is 16.8 Å². The number of nitrogens with one attached hydrogen (secondary N) is 1. The van der Waals surface area contributed by atoms with E-state index < -0.39 is 10.0 Å². The molecule has 5 nitrogen and oxygen atoms in total. The lowest BCUT2D eigenvalue weighted by atomic mass is 10.1. The van der Waals surface area contributed by atoms with Crippen LogP contribution in [-0.4, -0.2) is 20.4 Å². The zero-order chi connectivity index (χ0) is 18.1. The molecular formula is C20H16N2O3S. The van der Waals surface area contributed by atoms with Gasteiger partial charge in [0.15, 0.2) is 0 Å². The Morgan fingerprint density at radius 1 is 1.04 bits per heavy atom. The Hall–Kier alpha value is -2.86. The molecule has 0 spiro atoms. The Labute approximate surface area is 151 Å². The fourth-order valence-corrected chi connectivity index (χ4v) is 5.98. The molecule has 26 heavy (non-hydrogen) atoms. The fourth-order valence-electron chi connectivity index (χ4n) is 4.10. The first-order valence-electron chi connectivity index (χ1n) is 8.48. The van der Waals surface area contributed by atoms with Crippen molar-refractivity contribution < 1.29 is 13.2 Å². The molecule has 3 aromatic rings. The molecule has 0 bridgehead atoms. The summed E-state index contributed by atoms with van der Waals surface area (Å²) < 4.78 is 28.6. The molecule has 6 heteroatoms. The molecule has 5 rings (SSSR count). The summed E-state index contributed by atoms with van der Waals surface area (Å²) in [7, 11) is -3.76. The molecule has 0 saturated heterocycles. The van der Waals surface area contributed by atoms with E-state index in [1.54, 1.807) is 30.3 Å². The minimum absolute atomic E-state index is 0.153. The second kappa shape index (κ2) is 5.08. The minimum Gasteiger partial charge on any atom is -0.321 e. The highest BCUT2D eigenvalue weighted by Crippen LogP contribution is 2.41. The molecular weight excluding hydrogens is 348 g/mol. The lowest BCUT2D eigenvalue weighted by Gasteiger charge is -2.25. The van der Waals surface area contributed by atoms with Gasteiger partial charge in [-0.1, -0.05) is 30.3 Å². The molecule has 1 unspecified atom stereocenters. The predicted octanol–water partition coefficient (Wildman–Crippen LogP) is 3.55. The van der Waals surface area contributed by atoms with Crippen LogP contribution in [0.25, 0.3) is 10.8 Å². The molecule has 0 aliphatic carbocycles. The van der Waals surface area contributed by atoms with Crippen LogP contribution in [0.1, 0.15) is 22.8 Å². The van der Waals surface area contributed by atoms with E-state index in [0.717, 1.165) is 11.3 Å². The van der Waals surface area contributed by atoms with Crippen molar-refractivity contribution in [2.45, 2.75) is 24.3 Å². The van der Waals surface area contributed by atoms with Crippen molar-refractivity contribution in [2.75, 3.05) is 9.62 Å². The van der Waals surface area contributed by atoms with E-state index in [1.807, 2.05) is 31.2 Å². The number of rotatable bonds is 2. The summed E-state index contributed by atoms with van der Waals surface area (Å²) in [6.07, 6.45) is 0.691. The molecule has 3 aromatic carbocycles. The normalized spacial score (nSPS) is 18.3. The van der Waals surface area contributed by atoms with Crippen LogP contribution in [0, 0.1) is 0 Å². The van der Waals surface area contributed by atoms with Gasteiger partial charge in [-0.3, -0.25) is 9.10 Å². The van der Waals surface area contributed by atoms with E-state index in [9.17, 15) is 13.2 Å². The smallest absolute Gasteiger partial charge is 0.265 e. The zero-order valence-electron chi connectivity index (χ0n) is 14.1. The number of anilines is 2. The van der Waals surface area contributed by atoms with Crippen LogP contribution < -0.4 is 9.62 Å². The summed E-state index contributed by atoms with van der Waals surface area (Å²) in [4.78, 5) is 12.3. The largest absolute Gasteiger partial charge is 0.321 e. The maximum atomic E-state index is 13.6. The summed E-state index contributed by atoms with van der Waals surface area (Å²) >= 11 is 0. The number of carbonyl (C=O) groups is 1. The third-order valence-corrected chi connectivity index (χ3v) is 7.16. The molecule has 1 atom stereocenters. The van der Waals surface area contributed by atoms with Gasteiger partial charge < -0.3 is 5.32 Å². The first-order chi connectivity index (χ1) is 12.5. The van der Waals surface area contributed by atoms with Crippen LogP contribution in [0.5, 0.6) is 0 Å². The first-order valence-corrected chi connectivity index (χ1v) is 9.92. The highest BCUT2D eigenvalue weighted by molar-refractivity contribution is 7.93. The Kier molecular flexibility index (Phi) is 3.01. The van der Waals surface area contributed by atoms with E-state index in [4.69, 9.17) is 0 Å². The molecule has 2 heterocycles. The van der Waals surface area contributed by atoms with Gasteiger partial charge in [0.25, 0.3) is 15.9 Å². The summed E-state index contributed by atoms with van der Waals surface area (Å²) in [6.45, 7) is 1.92. The molecule has 130 valence electrons. The van der Waals surface area contributed by atoms with Gasteiger partial charge in [0, 0.05) is 28.1 Å². The number of fused-ring (bicyclic) bond motifs is 1. The van der Waals surface area contributed by atoms with Gasteiger partial charge >= 0.3 is 0 Å². The minimum atomic E-state index is -3.76. The Bertz CT molecular complexity index is 1200. The van der Waals surface area contributed by atoms with E-state index in [0.29, 0.717) is 28.4 Å². The standard InChI is InChI=1S/C20H16N2O3S/c1-12-11-13-5-2-3-8-17(13)22(12)26(24,25)18-10-9-16-19-14(18)6-4-7-15(19)20(23)21-16/h2-10,12H,11H2,1H3,(H,21,23). The summed E-state index contributed by atoms with van der Waals surface area (Å²) in [5.41, 5.74) is 2.95. The highest BCUT2D eigenvalue weighted by Gasteiger charge is 2.37. The molecule has 2 aliphatic rings. The quantitative estimate of drug-likeness (QED) is 0.756.